The van der Waals surface area contributed by atoms with E-state index in [1.165, 1.54) is 0 Å². The molecule has 0 atom stereocenters. The van der Waals surface area contributed by atoms with Crippen molar-refractivity contribution in [2.24, 2.45) is 0 Å². The molecule has 0 aliphatic heterocycles. The van der Waals surface area contributed by atoms with E-state index in [1.807, 2.05) is 0 Å². The van der Waals surface area contributed by atoms with E-state index >= 15 is 0 Å². The summed E-state index contributed by atoms with van der Waals surface area (Å²) in [4.78, 5) is 9.41. The van der Waals surface area contributed by atoms with Gasteiger partial charge in [-0.1, -0.05) is 31.9 Å². The SMILES string of the molecule is Br.O=CC(Br)Br. The maximum Gasteiger partial charge on any atom is 0.144 e. The molecule has 0 heterocycles. The third kappa shape index (κ3) is 8.92. The van der Waals surface area contributed by atoms with Gasteiger partial charge in [-0.3, -0.25) is 0 Å². The van der Waals surface area contributed by atoms with Gasteiger partial charge in [0, 0.05) is 0 Å². The first-order chi connectivity index (χ1) is 2.27. The Morgan fingerprint density at radius 3 is 1.67 bits per heavy atom. The molecule has 0 bridgehead atoms. The number of carbonyl (C=O) groups is 1. The molecule has 0 rings (SSSR count). The molecular weight excluding hydrogens is 280 g/mol. The molecule has 0 N–H and O–H groups in total. The van der Waals surface area contributed by atoms with Gasteiger partial charge in [-0.15, -0.1) is 17.0 Å². The summed E-state index contributed by atoms with van der Waals surface area (Å²) >= 11 is 5.84. The van der Waals surface area contributed by atoms with Crippen LogP contribution in [0.1, 0.15) is 0 Å². The highest BCUT2D eigenvalue weighted by molar-refractivity contribution is 9.25. The van der Waals surface area contributed by atoms with E-state index in [0.29, 0.717) is 0 Å². The standard InChI is InChI=1S/C2H2Br2O.BrH/c3-2(4)1-5;/h1-2H;1H. The maximum absolute atomic E-state index is 9.41. The largest absolute Gasteiger partial charge is 0.301 e. The fourth-order valence-electron chi connectivity index (χ4n) is 0. The minimum absolute atomic E-state index is 0. The van der Waals surface area contributed by atoms with Gasteiger partial charge < -0.3 is 4.79 Å². The molecule has 0 spiro atoms. The minimum atomic E-state index is -0.171. The van der Waals surface area contributed by atoms with Crippen molar-refractivity contribution in [1.82, 2.24) is 0 Å². The van der Waals surface area contributed by atoms with Crippen LogP contribution >= 0.6 is 48.8 Å². The lowest BCUT2D eigenvalue weighted by molar-refractivity contribution is -0.106. The molecule has 0 aliphatic rings. The van der Waals surface area contributed by atoms with Crippen molar-refractivity contribution in [2.75, 3.05) is 0 Å². The molecule has 0 aromatic rings. The molecule has 6 heavy (non-hydrogen) atoms. The van der Waals surface area contributed by atoms with Crippen molar-refractivity contribution >= 4 is 55.1 Å². The van der Waals surface area contributed by atoms with Gasteiger partial charge in [0.15, 0.2) is 0 Å². The molecule has 0 fully saturated rings. The zero-order valence-electron chi connectivity index (χ0n) is 2.73. The van der Waals surface area contributed by atoms with Crippen molar-refractivity contribution in [3.05, 3.63) is 0 Å². The summed E-state index contributed by atoms with van der Waals surface area (Å²) in [6.45, 7) is 0. The van der Waals surface area contributed by atoms with Crippen LogP contribution in [0.2, 0.25) is 0 Å². The van der Waals surface area contributed by atoms with Crippen LogP contribution in [0.15, 0.2) is 0 Å². The summed E-state index contributed by atoms with van der Waals surface area (Å²) in [5.41, 5.74) is 0. The second-order valence-electron chi connectivity index (χ2n) is 0.471. The van der Waals surface area contributed by atoms with Crippen LogP contribution in [-0.4, -0.2) is 10.0 Å². The van der Waals surface area contributed by atoms with Crippen LogP contribution in [0, 0.1) is 0 Å². The molecular formula is C2H3Br3O. The fraction of sp³-hybridized carbons (Fsp3) is 0.500. The molecule has 0 aromatic carbocycles. The number of carbonyl (C=O) groups excluding carboxylic acids is 1. The Morgan fingerprint density at radius 1 is 1.50 bits per heavy atom. The van der Waals surface area contributed by atoms with Crippen LogP contribution < -0.4 is 0 Å². The van der Waals surface area contributed by atoms with Crippen molar-refractivity contribution < 1.29 is 4.79 Å². The minimum Gasteiger partial charge on any atom is -0.301 e. The van der Waals surface area contributed by atoms with Crippen molar-refractivity contribution in [3.63, 3.8) is 0 Å². The third-order valence-corrected chi connectivity index (χ3v) is 0.535. The zero-order valence-corrected chi connectivity index (χ0v) is 7.61. The van der Waals surface area contributed by atoms with E-state index in [0.717, 1.165) is 6.29 Å². The first-order valence-electron chi connectivity index (χ1n) is 1.01. The summed E-state index contributed by atoms with van der Waals surface area (Å²) in [6.07, 6.45) is 0.750. The normalized spacial score (nSPS) is 7.17. The van der Waals surface area contributed by atoms with E-state index < -0.39 is 0 Å². The number of halogens is 3. The van der Waals surface area contributed by atoms with E-state index in [4.69, 9.17) is 0 Å². The highest BCUT2D eigenvalue weighted by atomic mass is 79.9. The topological polar surface area (TPSA) is 17.1 Å². The number of hydrogen-bond donors (Lipinski definition) is 0. The highest BCUT2D eigenvalue weighted by Gasteiger charge is 1.85. The van der Waals surface area contributed by atoms with Crippen LogP contribution in [0.4, 0.5) is 0 Å². The van der Waals surface area contributed by atoms with Crippen molar-refractivity contribution in [2.45, 2.75) is 3.74 Å². The van der Waals surface area contributed by atoms with Crippen molar-refractivity contribution in [3.8, 4) is 0 Å². The Hall–Kier alpha value is 1.11. The van der Waals surface area contributed by atoms with Gasteiger partial charge in [-0.25, -0.2) is 0 Å². The first-order valence-corrected chi connectivity index (χ1v) is 2.84. The van der Waals surface area contributed by atoms with E-state index in [2.05, 4.69) is 31.9 Å². The average molecular weight is 283 g/mol. The van der Waals surface area contributed by atoms with Gasteiger partial charge in [0.1, 0.15) is 10.0 Å². The molecule has 38 valence electrons. The lowest BCUT2D eigenvalue weighted by atomic mass is 10.9. The summed E-state index contributed by atoms with van der Waals surface area (Å²) in [7, 11) is 0. The summed E-state index contributed by atoms with van der Waals surface area (Å²) in [5, 5.41) is 0. The van der Waals surface area contributed by atoms with Crippen LogP contribution in [-0.2, 0) is 4.79 Å². The molecule has 1 nitrogen and oxygen atoms in total. The Labute approximate surface area is 63.5 Å². The van der Waals surface area contributed by atoms with Gasteiger partial charge in [0.25, 0.3) is 0 Å². The lowest BCUT2D eigenvalue weighted by Gasteiger charge is -1.73. The monoisotopic (exact) mass is 280 g/mol. The number of aldehydes is 1. The second kappa shape index (κ2) is 6.11. The molecule has 0 aromatic heterocycles. The van der Waals surface area contributed by atoms with Gasteiger partial charge >= 0.3 is 0 Å². The lowest BCUT2D eigenvalue weighted by Crippen LogP contribution is -1.79. The third-order valence-electron chi connectivity index (χ3n) is 0.103. The molecule has 0 saturated carbocycles. The van der Waals surface area contributed by atoms with Crippen molar-refractivity contribution in [1.29, 1.82) is 0 Å². The fourth-order valence-corrected chi connectivity index (χ4v) is 0. The predicted octanol–water partition coefficient (Wildman–Crippen LogP) is 1.88. The van der Waals surface area contributed by atoms with Gasteiger partial charge in [-0.2, -0.15) is 0 Å². The molecule has 0 aliphatic carbocycles. The Bertz CT molecular complexity index is 35.8. The van der Waals surface area contributed by atoms with Gasteiger partial charge in [0.05, 0.1) is 0 Å². The van der Waals surface area contributed by atoms with E-state index in [1.54, 1.807) is 0 Å². The van der Waals surface area contributed by atoms with Gasteiger partial charge in [0.2, 0.25) is 0 Å². The Morgan fingerprint density at radius 2 is 1.67 bits per heavy atom. The maximum atomic E-state index is 9.41. The summed E-state index contributed by atoms with van der Waals surface area (Å²) in [6, 6.07) is 0. The van der Waals surface area contributed by atoms with Crippen LogP contribution in [0.5, 0.6) is 0 Å². The highest BCUT2D eigenvalue weighted by Crippen LogP contribution is 2.01. The molecule has 0 radical (unpaired) electrons. The summed E-state index contributed by atoms with van der Waals surface area (Å²) in [5.74, 6) is 0. The Balaban J connectivity index is 0. The summed E-state index contributed by atoms with van der Waals surface area (Å²) < 4.78 is -0.171. The number of rotatable bonds is 1. The van der Waals surface area contributed by atoms with Gasteiger partial charge in [-0.05, 0) is 0 Å². The average Bonchev–Trinajstić information content (AvgIpc) is 1.38. The molecule has 0 unspecified atom stereocenters. The predicted molar refractivity (Wildman–Crippen MR) is 38.0 cm³/mol. The number of hydrogen-bond acceptors (Lipinski definition) is 1. The van der Waals surface area contributed by atoms with E-state index in [9.17, 15) is 4.79 Å². The zero-order chi connectivity index (χ0) is 4.28. The quantitative estimate of drug-likeness (QED) is 0.530. The molecule has 0 saturated heterocycles. The molecule has 0 amide bonds. The van der Waals surface area contributed by atoms with Crippen LogP contribution in [0.3, 0.4) is 0 Å². The molecule has 4 heteroatoms. The smallest absolute Gasteiger partial charge is 0.144 e. The number of alkyl halides is 2. The van der Waals surface area contributed by atoms with E-state index in [-0.39, 0.29) is 20.7 Å². The Kier molecular flexibility index (Phi) is 10.4. The van der Waals surface area contributed by atoms with Crippen LogP contribution in [0.25, 0.3) is 0 Å². The first kappa shape index (κ1) is 10.2. The second-order valence-corrected chi connectivity index (χ2v) is 3.67.